The summed E-state index contributed by atoms with van der Waals surface area (Å²) in [5.41, 5.74) is 6.49. The first-order chi connectivity index (χ1) is 8.84. The van der Waals surface area contributed by atoms with Gasteiger partial charge in [-0.05, 0) is 30.5 Å². The lowest BCUT2D eigenvalue weighted by molar-refractivity contribution is -0.122. The van der Waals surface area contributed by atoms with Gasteiger partial charge in [0.1, 0.15) is 0 Å². The summed E-state index contributed by atoms with van der Waals surface area (Å²) >= 11 is 0. The Morgan fingerprint density at radius 2 is 1.89 bits per heavy atom. The van der Waals surface area contributed by atoms with Gasteiger partial charge in [0.2, 0.25) is 15.9 Å². The van der Waals surface area contributed by atoms with Crippen molar-refractivity contribution in [3.05, 3.63) is 29.8 Å². The summed E-state index contributed by atoms with van der Waals surface area (Å²) in [6, 6.07) is 5.76. The van der Waals surface area contributed by atoms with Crippen LogP contribution in [-0.2, 0) is 21.2 Å². The number of nitrogens with one attached hydrogen (secondary N) is 1. The molecule has 1 amide bonds. The van der Waals surface area contributed by atoms with Crippen LogP contribution in [0.3, 0.4) is 0 Å². The number of benzene rings is 1. The number of amides is 1. The molecule has 0 aliphatic rings. The lowest BCUT2D eigenvalue weighted by Crippen LogP contribution is -2.40. The van der Waals surface area contributed by atoms with Crippen molar-refractivity contribution in [1.82, 2.24) is 5.32 Å². The van der Waals surface area contributed by atoms with Crippen LogP contribution < -0.4 is 16.2 Å². The fourth-order valence-corrected chi connectivity index (χ4v) is 2.01. The van der Waals surface area contributed by atoms with E-state index in [0.717, 1.165) is 5.56 Å². The third-order valence-corrected chi connectivity index (χ3v) is 3.67. The highest BCUT2D eigenvalue weighted by Gasteiger charge is 2.10. The monoisotopic (exact) mass is 285 g/mol. The van der Waals surface area contributed by atoms with Crippen LogP contribution in [0, 0.1) is 0 Å². The summed E-state index contributed by atoms with van der Waals surface area (Å²) in [7, 11) is -3.65. The number of carbonyl (C=O) groups excluding carboxylic acids is 1. The van der Waals surface area contributed by atoms with Gasteiger partial charge in [0.05, 0.1) is 10.9 Å². The van der Waals surface area contributed by atoms with E-state index in [0.29, 0.717) is 19.4 Å². The molecule has 0 bridgehead atoms. The molecule has 0 aromatic heterocycles. The molecule has 0 spiro atoms. The molecule has 6 nitrogen and oxygen atoms in total. The third kappa shape index (κ3) is 4.98. The molecule has 0 unspecified atom stereocenters. The molecule has 0 fully saturated rings. The topological polar surface area (TPSA) is 115 Å². The molecule has 1 atom stereocenters. The Bertz CT molecular complexity index is 526. The van der Waals surface area contributed by atoms with Gasteiger partial charge in [0, 0.05) is 6.54 Å². The molecule has 0 radical (unpaired) electrons. The van der Waals surface area contributed by atoms with Crippen molar-refractivity contribution in [2.45, 2.75) is 30.7 Å². The normalized spacial score (nSPS) is 13.0. The van der Waals surface area contributed by atoms with Crippen LogP contribution in [0.1, 0.15) is 18.9 Å². The Balaban J connectivity index is 2.49. The smallest absolute Gasteiger partial charge is 0.238 e. The Labute approximate surface area is 113 Å². The molecule has 0 aliphatic carbocycles. The van der Waals surface area contributed by atoms with Gasteiger partial charge in [-0.2, -0.15) is 0 Å². The minimum absolute atomic E-state index is 0.0771. The molecule has 5 N–H and O–H groups in total. The van der Waals surface area contributed by atoms with Gasteiger partial charge in [-0.15, -0.1) is 0 Å². The second-order valence-corrected chi connectivity index (χ2v) is 5.81. The predicted molar refractivity (Wildman–Crippen MR) is 72.8 cm³/mol. The van der Waals surface area contributed by atoms with Crippen molar-refractivity contribution < 1.29 is 13.2 Å². The maximum Gasteiger partial charge on any atom is 0.238 e. The van der Waals surface area contributed by atoms with Crippen molar-refractivity contribution in [3.63, 3.8) is 0 Å². The first kappa shape index (κ1) is 15.6. The van der Waals surface area contributed by atoms with Gasteiger partial charge in [-0.25, -0.2) is 13.6 Å². The van der Waals surface area contributed by atoms with E-state index < -0.39 is 16.1 Å². The summed E-state index contributed by atoms with van der Waals surface area (Å²) in [5, 5.41) is 7.72. The average molecular weight is 285 g/mol. The summed E-state index contributed by atoms with van der Waals surface area (Å²) < 4.78 is 22.1. The Morgan fingerprint density at radius 1 is 1.32 bits per heavy atom. The maximum absolute atomic E-state index is 11.4. The van der Waals surface area contributed by atoms with Crippen LogP contribution in [-0.4, -0.2) is 26.9 Å². The number of hydrogen-bond acceptors (Lipinski definition) is 4. The van der Waals surface area contributed by atoms with Gasteiger partial charge in [0.25, 0.3) is 0 Å². The van der Waals surface area contributed by atoms with E-state index in [2.05, 4.69) is 5.32 Å². The summed E-state index contributed by atoms with van der Waals surface area (Å²) in [4.78, 5) is 11.5. The number of primary sulfonamides is 1. The second kappa shape index (κ2) is 6.65. The van der Waals surface area contributed by atoms with Gasteiger partial charge < -0.3 is 11.1 Å². The standard InChI is InChI=1S/C12H19N3O3S/c1-2-11(13)12(16)15-8-7-9-3-5-10(6-4-9)19(14,17)18/h3-6,11H,2,7-8,13H2,1H3,(H,15,16)(H2,14,17,18)/t11-/m0/s1. The largest absolute Gasteiger partial charge is 0.354 e. The Hall–Kier alpha value is -1.44. The fourth-order valence-electron chi connectivity index (χ4n) is 1.49. The van der Waals surface area contributed by atoms with Crippen LogP contribution in [0.5, 0.6) is 0 Å². The second-order valence-electron chi connectivity index (χ2n) is 4.24. The molecule has 0 heterocycles. The number of rotatable bonds is 6. The number of hydrogen-bond donors (Lipinski definition) is 3. The highest BCUT2D eigenvalue weighted by atomic mass is 32.2. The summed E-state index contributed by atoms with van der Waals surface area (Å²) in [6.07, 6.45) is 1.20. The Morgan fingerprint density at radius 3 is 2.37 bits per heavy atom. The minimum atomic E-state index is -3.65. The van der Waals surface area contributed by atoms with Gasteiger partial charge in [0.15, 0.2) is 0 Å². The lowest BCUT2D eigenvalue weighted by atomic mass is 10.1. The van der Waals surface area contributed by atoms with E-state index in [-0.39, 0.29) is 10.8 Å². The van der Waals surface area contributed by atoms with Gasteiger partial charge >= 0.3 is 0 Å². The van der Waals surface area contributed by atoms with E-state index in [1.54, 1.807) is 12.1 Å². The summed E-state index contributed by atoms with van der Waals surface area (Å²) in [6.45, 7) is 2.30. The first-order valence-electron chi connectivity index (χ1n) is 5.99. The first-order valence-corrected chi connectivity index (χ1v) is 7.54. The molecular weight excluding hydrogens is 266 g/mol. The van der Waals surface area contributed by atoms with Crippen LogP contribution in [0.2, 0.25) is 0 Å². The van der Waals surface area contributed by atoms with E-state index in [1.165, 1.54) is 12.1 Å². The van der Waals surface area contributed by atoms with Crippen molar-refractivity contribution in [2.24, 2.45) is 10.9 Å². The quantitative estimate of drug-likeness (QED) is 0.667. The van der Waals surface area contributed by atoms with Gasteiger partial charge in [-0.3, -0.25) is 4.79 Å². The van der Waals surface area contributed by atoms with Crippen LogP contribution in [0.25, 0.3) is 0 Å². The summed E-state index contributed by atoms with van der Waals surface area (Å²) in [5.74, 6) is -0.177. The third-order valence-electron chi connectivity index (χ3n) is 2.74. The maximum atomic E-state index is 11.4. The molecule has 1 aromatic rings. The van der Waals surface area contributed by atoms with Crippen molar-refractivity contribution in [1.29, 1.82) is 0 Å². The van der Waals surface area contributed by atoms with Crippen LogP contribution in [0.4, 0.5) is 0 Å². The zero-order valence-electron chi connectivity index (χ0n) is 10.8. The van der Waals surface area contributed by atoms with Crippen molar-refractivity contribution in [2.75, 3.05) is 6.54 Å². The SMILES string of the molecule is CC[C@H](N)C(=O)NCCc1ccc(S(N)(=O)=O)cc1. The number of nitrogens with two attached hydrogens (primary N) is 2. The molecule has 7 heteroatoms. The zero-order valence-corrected chi connectivity index (χ0v) is 11.6. The number of carbonyl (C=O) groups is 1. The highest BCUT2D eigenvalue weighted by Crippen LogP contribution is 2.08. The number of sulfonamides is 1. The molecule has 0 saturated carbocycles. The fraction of sp³-hybridized carbons (Fsp3) is 0.417. The Kier molecular flexibility index (Phi) is 5.46. The molecule has 106 valence electrons. The highest BCUT2D eigenvalue weighted by molar-refractivity contribution is 7.89. The van der Waals surface area contributed by atoms with E-state index in [4.69, 9.17) is 10.9 Å². The van der Waals surface area contributed by atoms with E-state index in [1.807, 2.05) is 6.92 Å². The molecule has 1 aromatic carbocycles. The molecular formula is C12H19N3O3S. The van der Waals surface area contributed by atoms with E-state index in [9.17, 15) is 13.2 Å². The van der Waals surface area contributed by atoms with Gasteiger partial charge in [-0.1, -0.05) is 19.1 Å². The molecule has 0 aliphatic heterocycles. The average Bonchev–Trinajstić information content (AvgIpc) is 2.37. The lowest BCUT2D eigenvalue weighted by Gasteiger charge is -2.10. The molecule has 1 rings (SSSR count). The zero-order chi connectivity index (χ0) is 14.5. The van der Waals surface area contributed by atoms with Crippen LogP contribution in [0.15, 0.2) is 29.2 Å². The van der Waals surface area contributed by atoms with Crippen molar-refractivity contribution >= 4 is 15.9 Å². The predicted octanol–water partition coefficient (Wildman–Crippen LogP) is -0.270. The molecule has 0 saturated heterocycles. The van der Waals surface area contributed by atoms with Crippen LogP contribution >= 0.6 is 0 Å². The minimum Gasteiger partial charge on any atom is -0.354 e. The van der Waals surface area contributed by atoms with Crippen molar-refractivity contribution in [3.8, 4) is 0 Å². The molecule has 19 heavy (non-hydrogen) atoms. The van der Waals surface area contributed by atoms with E-state index >= 15 is 0 Å².